The highest BCUT2D eigenvalue weighted by atomic mass is 32.2. The molecule has 0 aliphatic carbocycles. The van der Waals surface area contributed by atoms with Crippen molar-refractivity contribution in [1.82, 2.24) is 14.9 Å². The SMILES string of the molecule is CCOC(=O)c1cn[nH]c1S(=O)(=O)NCC(C)(C)CO. The van der Waals surface area contributed by atoms with Gasteiger partial charge in [0, 0.05) is 18.6 Å². The van der Waals surface area contributed by atoms with E-state index in [0.717, 1.165) is 6.20 Å². The summed E-state index contributed by atoms with van der Waals surface area (Å²) in [6.45, 7) is 5.00. The van der Waals surface area contributed by atoms with Gasteiger partial charge in [-0.2, -0.15) is 5.10 Å². The van der Waals surface area contributed by atoms with Crippen LogP contribution in [0.25, 0.3) is 0 Å². The number of esters is 1. The van der Waals surface area contributed by atoms with Gasteiger partial charge in [0.25, 0.3) is 10.0 Å². The molecule has 0 fully saturated rings. The second-order valence-electron chi connectivity index (χ2n) is 4.98. The van der Waals surface area contributed by atoms with Gasteiger partial charge in [0.1, 0.15) is 5.56 Å². The van der Waals surface area contributed by atoms with E-state index in [4.69, 9.17) is 9.84 Å². The van der Waals surface area contributed by atoms with Crippen LogP contribution in [0.5, 0.6) is 0 Å². The van der Waals surface area contributed by atoms with Crippen molar-refractivity contribution in [3.05, 3.63) is 11.8 Å². The zero-order valence-corrected chi connectivity index (χ0v) is 12.5. The Hall–Kier alpha value is -1.45. The highest BCUT2D eigenvalue weighted by Crippen LogP contribution is 2.16. The predicted octanol–water partition coefficient (Wildman–Crippen LogP) is -0.117. The van der Waals surface area contributed by atoms with Gasteiger partial charge in [0.2, 0.25) is 0 Å². The molecule has 0 atom stereocenters. The number of nitrogens with one attached hydrogen (secondary N) is 2. The van der Waals surface area contributed by atoms with Gasteiger partial charge in [-0.15, -0.1) is 0 Å². The molecular formula is C11H19N3O5S. The molecule has 0 bridgehead atoms. The molecule has 8 nitrogen and oxygen atoms in total. The molecular weight excluding hydrogens is 286 g/mol. The minimum absolute atomic E-state index is 0.0210. The lowest BCUT2D eigenvalue weighted by Crippen LogP contribution is -2.36. The van der Waals surface area contributed by atoms with Gasteiger partial charge >= 0.3 is 5.97 Å². The number of hydrogen-bond donors (Lipinski definition) is 3. The first-order valence-electron chi connectivity index (χ1n) is 6.04. The highest BCUT2D eigenvalue weighted by molar-refractivity contribution is 7.89. The van der Waals surface area contributed by atoms with E-state index in [-0.39, 0.29) is 30.3 Å². The lowest BCUT2D eigenvalue weighted by molar-refractivity contribution is 0.0522. The van der Waals surface area contributed by atoms with Crippen LogP contribution in [0.2, 0.25) is 0 Å². The number of aromatic nitrogens is 2. The van der Waals surface area contributed by atoms with Crippen molar-refractivity contribution in [2.45, 2.75) is 25.8 Å². The van der Waals surface area contributed by atoms with Crippen LogP contribution < -0.4 is 4.72 Å². The fourth-order valence-corrected chi connectivity index (χ4v) is 2.58. The number of sulfonamides is 1. The molecule has 1 aromatic heterocycles. The second kappa shape index (κ2) is 6.33. The first kappa shape index (κ1) is 16.6. The third kappa shape index (κ3) is 4.02. The fourth-order valence-electron chi connectivity index (χ4n) is 1.25. The van der Waals surface area contributed by atoms with Crippen LogP contribution >= 0.6 is 0 Å². The van der Waals surface area contributed by atoms with E-state index in [0.29, 0.717) is 0 Å². The zero-order valence-electron chi connectivity index (χ0n) is 11.6. The Labute approximate surface area is 117 Å². The van der Waals surface area contributed by atoms with Crippen LogP contribution in [0.3, 0.4) is 0 Å². The van der Waals surface area contributed by atoms with Gasteiger partial charge in [-0.1, -0.05) is 13.8 Å². The van der Waals surface area contributed by atoms with Crippen molar-refractivity contribution in [3.8, 4) is 0 Å². The maximum absolute atomic E-state index is 12.1. The molecule has 0 amide bonds. The molecule has 0 aliphatic heterocycles. The average molecular weight is 305 g/mol. The normalized spacial score (nSPS) is 12.4. The number of rotatable bonds is 7. The Bertz CT molecular complexity index is 564. The van der Waals surface area contributed by atoms with Gasteiger partial charge in [0.05, 0.1) is 12.8 Å². The Morgan fingerprint density at radius 1 is 1.55 bits per heavy atom. The standard InChI is InChI=1S/C11H19N3O5S/c1-4-19-10(16)8-5-12-14-9(8)20(17,18)13-6-11(2,3)7-15/h5,13,15H,4,6-7H2,1-3H3,(H,12,14). The number of aliphatic hydroxyl groups is 1. The summed E-state index contributed by atoms with van der Waals surface area (Å²) in [5.41, 5.74) is -0.766. The highest BCUT2D eigenvalue weighted by Gasteiger charge is 2.28. The van der Waals surface area contributed by atoms with Crippen LogP contribution in [0.4, 0.5) is 0 Å². The number of aliphatic hydroxyl groups excluding tert-OH is 1. The van der Waals surface area contributed by atoms with Crippen molar-refractivity contribution in [2.24, 2.45) is 5.41 Å². The topological polar surface area (TPSA) is 121 Å². The lowest BCUT2D eigenvalue weighted by atomic mass is 9.96. The van der Waals surface area contributed by atoms with E-state index in [1.807, 2.05) is 0 Å². The number of aromatic amines is 1. The van der Waals surface area contributed by atoms with Gasteiger partial charge in [-0.05, 0) is 6.92 Å². The lowest BCUT2D eigenvalue weighted by Gasteiger charge is -2.21. The maximum Gasteiger partial charge on any atom is 0.342 e. The summed E-state index contributed by atoms with van der Waals surface area (Å²) in [4.78, 5) is 11.6. The zero-order chi connectivity index (χ0) is 15.4. The monoisotopic (exact) mass is 305 g/mol. The van der Waals surface area contributed by atoms with Crippen LogP contribution in [0.15, 0.2) is 11.2 Å². The van der Waals surface area contributed by atoms with E-state index < -0.39 is 21.4 Å². The fraction of sp³-hybridized carbons (Fsp3) is 0.636. The smallest absolute Gasteiger partial charge is 0.342 e. The largest absolute Gasteiger partial charge is 0.462 e. The number of carbonyl (C=O) groups is 1. The number of hydrogen-bond acceptors (Lipinski definition) is 6. The molecule has 0 saturated carbocycles. The molecule has 1 aromatic rings. The predicted molar refractivity (Wildman–Crippen MR) is 70.6 cm³/mol. The molecule has 0 saturated heterocycles. The Morgan fingerprint density at radius 2 is 2.20 bits per heavy atom. The Balaban J connectivity index is 2.94. The summed E-state index contributed by atoms with van der Waals surface area (Å²) in [6, 6.07) is 0. The molecule has 3 N–H and O–H groups in total. The number of nitrogens with zero attached hydrogens (tertiary/aromatic N) is 1. The molecule has 114 valence electrons. The number of H-pyrrole nitrogens is 1. The van der Waals surface area contributed by atoms with Crippen LogP contribution in [-0.4, -0.2) is 49.4 Å². The molecule has 0 aliphatic rings. The van der Waals surface area contributed by atoms with Crippen molar-refractivity contribution in [1.29, 1.82) is 0 Å². The molecule has 20 heavy (non-hydrogen) atoms. The molecule has 1 heterocycles. The summed E-state index contributed by atoms with van der Waals surface area (Å²) in [5.74, 6) is -0.761. The van der Waals surface area contributed by atoms with Crippen LogP contribution in [0, 0.1) is 5.41 Å². The maximum atomic E-state index is 12.1. The molecule has 0 spiro atoms. The Morgan fingerprint density at radius 3 is 2.75 bits per heavy atom. The van der Waals surface area contributed by atoms with Crippen molar-refractivity contribution in [2.75, 3.05) is 19.8 Å². The first-order valence-corrected chi connectivity index (χ1v) is 7.53. The minimum Gasteiger partial charge on any atom is -0.462 e. The van der Waals surface area contributed by atoms with Gasteiger partial charge in [-0.3, -0.25) is 5.10 Å². The van der Waals surface area contributed by atoms with E-state index in [9.17, 15) is 13.2 Å². The van der Waals surface area contributed by atoms with Gasteiger partial charge < -0.3 is 9.84 Å². The summed E-state index contributed by atoms with van der Waals surface area (Å²) in [7, 11) is -3.93. The van der Waals surface area contributed by atoms with Crippen LogP contribution in [-0.2, 0) is 14.8 Å². The van der Waals surface area contributed by atoms with E-state index in [1.165, 1.54) is 0 Å². The summed E-state index contributed by atoms with van der Waals surface area (Å²) < 4.78 is 31.3. The molecule has 0 unspecified atom stereocenters. The van der Waals surface area contributed by atoms with E-state index in [1.54, 1.807) is 20.8 Å². The van der Waals surface area contributed by atoms with Gasteiger partial charge in [0.15, 0.2) is 5.03 Å². The van der Waals surface area contributed by atoms with Crippen molar-refractivity contribution in [3.63, 3.8) is 0 Å². The minimum atomic E-state index is -3.93. The number of ether oxygens (including phenoxy) is 1. The third-order valence-corrected chi connectivity index (χ3v) is 3.91. The molecule has 9 heteroatoms. The quantitative estimate of drug-likeness (QED) is 0.604. The molecule has 0 radical (unpaired) electrons. The summed E-state index contributed by atoms with van der Waals surface area (Å²) in [5, 5.41) is 14.6. The second-order valence-corrected chi connectivity index (χ2v) is 6.68. The first-order chi connectivity index (χ1) is 9.23. The van der Waals surface area contributed by atoms with Crippen molar-refractivity contribution < 1.29 is 23.1 Å². The van der Waals surface area contributed by atoms with E-state index in [2.05, 4.69) is 14.9 Å². The van der Waals surface area contributed by atoms with Crippen LogP contribution in [0.1, 0.15) is 31.1 Å². The third-order valence-electron chi connectivity index (χ3n) is 2.54. The molecule has 1 rings (SSSR count). The summed E-state index contributed by atoms with van der Waals surface area (Å²) >= 11 is 0. The van der Waals surface area contributed by atoms with E-state index >= 15 is 0 Å². The Kier molecular flexibility index (Phi) is 5.26. The molecule has 0 aromatic carbocycles. The van der Waals surface area contributed by atoms with Gasteiger partial charge in [-0.25, -0.2) is 17.9 Å². The number of carbonyl (C=O) groups excluding carboxylic acids is 1. The summed E-state index contributed by atoms with van der Waals surface area (Å²) in [6.07, 6.45) is 1.10. The average Bonchev–Trinajstić information content (AvgIpc) is 2.87. The van der Waals surface area contributed by atoms with Crippen molar-refractivity contribution >= 4 is 16.0 Å².